The lowest BCUT2D eigenvalue weighted by molar-refractivity contribution is -0.119. The molecule has 0 saturated carbocycles. The van der Waals surface area contributed by atoms with E-state index >= 15 is 0 Å². The SMILES string of the molecule is CC(C)CC1(Cc2cc(F)cc(Cl)c2)CCC(=O)N1. The van der Waals surface area contributed by atoms with E-state index in [9.17, 15) is 9.18 Å². The van der Waals surface area contributed by atoms with Crippen LogP contribution < -0.4 is 5.32 Å². The zero-order chi connectivity index (χ0) is 14.0. The first-order valence-electron chi connectivity index (χ1n) is 6.64. The van der Waals surface area contributed by atoms with Gasteiger partial charge in [0.05, 0.1) is 0 Å². The highest BCUT2D eigenvalue weighted by atomic mass is 35.5. The molecule has 104 valence electrons. The number of rotatable bonds is 4. The van der Waals surface area contributed by atoms with Crippen molar-refractivity contribution in [3.05, 3.63) is 34.6 Å². The number of benzene rings is 1. The molecule has 1 heterocycles. The molecule has 1 aliphatic rings. The van der Waals surface area contributed by atoms with Gasteiger partial charge >= 0.3 is 0 Å². The maximum absolute atomic E-state index is 13.4. The smallest absolute Gasteiger partial charge is 0.220 e. The number of carbonyl (C=O) groups excluding carboxylic acids is 1. The van der Waals surface area contributed by atoms with Gasteiger partial charge in [-0.05, 0) is 48.9 Å². The van der Waals surface area contributed by atoms with Crippen LogP contribution in [0.4, 0.5) is 4.39 Å². The van der Waals surface area contributed by atoms with Crippen molar-refractivity contribution in [1.82, 2.24) is 5.32 Å². The molecule has 19 heavy (non-hydrogen) atoms. The predicted molar refractivity (Wildman–Crippen MR) is 74.7 cm³/mol. The Hall–Kier alpha value is -1.09. The second-order valence-corrected chi connectivity index (χ2v) is 6.32. The minimum Gasteiger partial charge on any atom is -0.350 e. The van der Waals surface area contributed by atoms with E-state index in [0.717, 1.165) is 18.4 Å². The summed E-state index contributed by atoms with van der Waals surface area (Å²) < 4.78 is 13.4. The van der Waals surface area contributed by atoms with E-state index in [1.54, 1.807) is 6.07 Å². The normalized spacial score (nSPS) is 22.9. The Labute approximate surface area is 118 Å². The summed E-state index contributed by atoms with van der Waals surface area (Å²) in [7, 11) is 0. The van der Waals surface area contributed by atoms with Crippen LogP contribution in [0.5, 0.6) is 0 Å². The van der Waals surface area contributed by atoms with E-state index in [0.29, 0.717) is 23.8 Å². The number of halogens is 2. The molecule has 0 aromatic heterocycles. The number of nitrogens with one attached hydrogen (secondary N) is 1. The minimum atomic E-state index is -0.327. The highest BCUT2D eigenvalue weighted by Gasteiger charge is 2.38. The van der Waals surface area contributed by atoms with Gasteiger partial charge in [-0.1, -0.05) is 25.4 Å². The fraction of sp³-hybridized carbons (Fsp3) is 0.533. The molecule has 0 bridgehead atoms. The van der Waals surface area contributed by atoms with Gasteiger partial charge in [0.1, 0.15) is 5.82 Å². The fourth-order valence-corrected chi connectivity index (χ4v) is 3.26. The van der Waals surface area contributed by atoms with Crippen LogP contribution in [0, 0.1) is 11.7 Å². The van der Waals surface area contributed by atoms with Gasteiger partial charge in [0, 0.05) is 17.0 Å². The Morgan fingerprint density at radius 2 is 2.16 bits per heavy atom. The molecule has 1 fully saturated rings. The van der Waals surface area contributed by atoms with Gasteiger partial charge in [0.15, 0.2) is 0 Å². The van der Waals surface area contributed by atoms with Crippen molar-refractivity contribution in [3.63, 3.8) is 0 Å². The fourth-order valence-electron chi connectivity index (χ4n) is 3.02. The summed E-state index contributed by atoms with van der Waals surface area (Å²) >= 11 is 5.89. The van der Waals surface area contributed by atoms with Crippen LogP contribution in [0.1, 0.15) is 38.7 Å². The van der Waals surface area contributed by atoms with Gasteiger partial charge in [0.2, 0.25) is 5.91 Å². The summed E-state index contributed by atoms with van der Waals surface area (Å²) in [6.07, 6.45) is 2.88. The summed E-state index contributed by atoms with van der Waals surface area (Å²) in [5, 5.41) is 3.48. The van der Waals surface area contributed by atoms with Crippen molar-refractivity contribution < 1.29 is 9.18 Å². The molecule has 0 radical (unpaired) electrons. The summed E-state index contributed by atoms with van der Waals surface area (Å²) in [4.78, 5) is 11.6. The number of hydrogen-bond donors (Lipinski definition) is 1. The summed E-state index contributed by atoms with van der Waals surface area (Å²) in [6.45, 7) is 4.26. The third-order valence-electron chi connectivity index (χ3n) is 3.50. The van der Waals surface area contributed by atoms with Crippen LogP contribution in [0.25, 0.3) is 0 Å². The monoisotopic (exact) mass is 283 g/mol. The summed E-state index contributed by atoms with van der Waals surface area (Å²) in [5.74, 6) is 0.233. The summed E-state index contributed by atoms with van der Waals surface area (Å²) in [6, 6.07) is 4.57. The van der Waals surface area contributed by atoms with Crippen LogP contribution in [-0.2, 0) is 11.2 Å². The Kier molecular flexibility index (Phi) is 4.14. The highest BCUT2D eigenvalue weighted by molar-refractivity contribution is 6.30. The van der Waals surface area contributed by atoms with Crippen molar-refractivity contribution in [2.24, 2.45) is 5.92 Å². The molecular formula is C15H19ClFNO. The highest BCUT2D eigenvalue weighted by Crippen LogP contribution is 2.32. The topological polar surface area (TPSA) is 29.1 Å². The van der Waals surface area contributed by atoms with E-state index in [1.807, 2.05) is 0 Å². The van der Waals surface area contributed by atoms with Crippen LogP contribution in [0.3, 0.4) is 0 Å². The van der Waals surface area contributed by atoms with Crippen molar-refractivity contribution in [1.29, 1.82) is 0 Å². The quantitative estimate of drug-likeness (QED) is 0.896. The molecule has 1 amide bonds. The first-order chi connectivity index (χ1) is 8.88. The van der Waals surface area contributed by atoms with Crippen molar-refractivity contribution >= 4 is 17.5 Å². The van der Waals surface area contributed by atoms with E-state index in [1.165, 1.54) is 12.1 Å². The molecule has 2 rings (SSSR count). The molecule has 1 aromatic rings. The van der Waals surface area contributed by atoms with Crippen LogP contribution >= 0.6 is 11.6 Å². The molecule has 2 nitrogen and oxygen atoms in total. The van der Waals surface area contributed by atoms with Gasteiger partial charge in [-0.2, -0.15) is 0 Å². The molecule has 1 N–H and O–H groups in total. The lowest BCUT2D eigenvalue weighted by atomic mass is 9.82. The first-order valence-corrected chi connectivity index (χ1v) is 7.02. The molecular weight excluding hydrogens is 265 g/mol. The van der Waals surface area contributed by atoms with Gasteiger partial charge < -0.3 is 5.32 Å². The van der Waals surface area contributed by atoms with Crippen molar-refractivity contribution in [2.75, 3.05) is 0 Å². The third kappa shape index (κ3) is 3.69. The zero-order valence-corrected chi connectivity index (χ0v) is 12.1. The molecule has 0 spiro atoms. The van der Waals surface area contributed by atoms with Crippen LogP contribution in [0.15, 0.2) is 18.2 Å². The first kappa shape index (κ1) is 14.3. The molecule has 4 heteroatoms. The predicted octanol–water partition coefficient (Wildman–Crippen LogP) is 3.72. The summed E-state index contributed by atoms with van der Waals surface area (Å²) in [5.41, 5.74) is 0.593. The Bertz CT molecular complexity index is 469. The number of hydrogen-bond acceptors (Lipinski definition) is 1. The Morgan fingerprint density at radius 1 is 1.42 bits per heavy atom. The molecule has 1 aliphatic heterocycles. The van der Waals surface area contributed by atoms with Gasteiger partial charge in [-0.3, -0.25) is 4.79 Å². The molecule has 0 aliphatic carbocycles. The van der Waals surface area contributed by atoms with Gasteiger partial charge in [-0.25, -0.2) is 4.39 Å². The Morgan fingerprint density at radius 3 is 2.68 bits per heavy atom. The van der Waals surface area contributed by atoms with Gasteiger partial charge in [0.25, 0.3) is 0 Å². The molecule has 1 unspecified atom stereocenters. The lowest BCUT2D eigenvalue weighted by Crippen LogP contribution is -2.44. The van der Waals surface area contributed by atoms with E-state index in [2.05, 4.69) is 19.2 Å². The number of amides is 1. The standard InChI is InChI=1S/C15H19ClFNO/c1-10(2)8-15(4-3-14(19)18-15)9-11-5-12(16)7-13(17)6-11/h5-7,10H,3-4,8-9H2,1-2H3,(H,18,19). The Balaban J connectivity index is 2.22. The largest absolute Gasteiger partial charge is 0.350 e. The maximum Gasteiger partial charge on any atom is 0.220 e. The van der Waals surface area contributed by atoms with Crippen LogP contribution in [-0.4, -0.2) is 11.4 Å². The van der Waals surface area contributed by atoms with Crippen LogP contribution in [0.2, 0.25) is 5.02 Å². The third-order valence-corrected chi connectivity index (χ3v) is 3.72. The maximum atomic E-state index is 13.4. The van der Waals surface area contributed by atoms with E-state index in [4.69, 9.17) is 11.6 Å². The average molecular weight is 284 g/mol. The van der Waals surface area contributed by atoms with E-state index in [-0.39, 0.29) is 17.3 Å². The molecule has 1 saturated heterocycles. The average Bonchev–Trinajstić information content (AvgIpc) is 2.56. The van der Waals surface area contributed by atoms with Gasteiger partial charge in [-0.15, -0.1) is 0 Å². The molecule has 1 aromatic carbocycles. The van der Waals surface area contributed by atoms with Crippen molar-refractivity contribution in [3.8, 4) is 0 Å². The van der Waals surface area contributed by atoms with Crippen molar-refractivity contribution in [2.45, 2.75) is 45.1 Å². The second-order valence-electron chi connectivity index (χ2n) is 5.88. The lowest BCUT2D eigenvalue weighted by Gasteiger charge is -2.31. The molecule has 1 atom stereocenters. The number of carbonyl (C=O) groups is 1. The minimum absolute atomic E-state index is 0.0863. The zero-order valence-electron chi connectivity index (χ0n) is 11.3. The van der Waals surface area contributed by atoms with E-state index < -0.39 is 0 Å². The second kappa shape index (κ2) is 5.49.